The minimum atomic E-state index is -0.481. The molecule has 0 saturated carbocycles. The molecule has 1 aromatic heterocycles. The van der Waals surface area contributed by atoms with Gasteiger partial charge in [-0.25, -0.2) is 9.37 Å². The van der Waals surface area contributed by atoms with Gasteiger partial charge in [0.2, 0.25) is 5.88 Å². The molecule has 76 valence electrons. The van der Waals surface area contributed by atoms with Gasteiger partial charge in [0.15, 0.2) is 5.82 Å². The molecule has 5 heteroatoms. The minimum Gasteiger partial charge on any atom is -0.493 e. The molecule has 0 aliphatic rings. The lowest BCUT2D eigenvalue weighted by Gasteiger charge is -2.02. The zero-order chi connectivity index (χ0) is 10.8. The van der Waals surface area contributed by atoms with Crippen molar-refractivity contribution in [2.45, 2.75) is 0 Å². The van der Waals surface area contributed by atoms with E-state index in [-0.39, 0.29) is 17.3 Å². The van der Waals surface area contributed by atoms with Gasteiger partial charge in [-0.15, -0.1) is 0 Å². The molecule has 0 bridgehead atoms. The first-order chi connectivity index (χ1) is 7.16. The molecule has 0 aliphatic heterocycles. The second kappa shape index (κ2) is 3.82. The second-order valence-electron chi connectivity index (χ2n) is 2.86. The quantitative estimate of drug-likeness (QED) is 0.810. The van der Waals surface area contributed by atoms with E-state index in [0.29, 0.717) is 5.02 Å². The third kappa shape index (κ3) is 2.05. The van der Waals surface area contributed by atoms with Gasteiger partial charge in [0.1, 0.15) is 5.82 Å². The van der Waals surface area contributed by atoms with E-state index in [1.807, 2.05) is 0 Å². The van der Waals surface area contributed by atoms with Gasteiger partial charge in [0.25, 0.3) is 0 Å². The van der Waals surface area contributed by atoms with Gasteiger partial charge in [-0.2, -0.15) is 4.98 Å². The Labute approximate surface area is 90.2 Å². The van der Waals surface area contributed by atoms with E-state index in [0.717, 1.165) is 0 Å². The van der Waals surface area contributed by atoms with Gasteiger partial charge in [0, 0.05) is 17.3 Å². The lowest BCUT2D eigenvalue weighted by atomic mass is 10.2. The molecule has 1 N–H and O–H groups in total. The number of hydrogen-bond donors (Lipinski definition) is 1. The van der Waals surface area contributed by atoms with Crippen LogP contribution in [0.5, 0.6) is 5.88 Å². The van der Waals surface area contributed by atoms with Crippen LogP contribution in [0.1, 0.15) is 0 Å². The minimum absolute atomic E-state index is 0.106. The molecule has 2 aromatic rings. The predicted octanol–water partition coefficient (Wildman–Crippen LogP) is 2.64. The van der Waals surface area contributed by atoms with Crippen LogP contribution in [0.15, 0.2) is 30.5 Å². The van der Waals surface area contributed by atoms with Gasteiger partial charge in [-0.05, 0) is 18.2 Å². The van der Waals surface area contributed by atoms with Crippen LogP contribution in [0.4, 0.5) is 4.39 Å². The number of nitrogens with zero attached hydrogens (tertiary/aromatic N) is 2. The molecule has 0 unspecified atom stereocenters. The highest BCUT2D eigenvalue weighted by Gasteiger charge is 2.08. The fraction of sp³-hybridized carbons (Fsp3) is 0. The van der Waals surface area contributed by atoms with Crippen molar-refractivity contribution in [1.82, 2.24) is 9.97 Å². The number of aromatic hydroxyl groups is 1. The van der Waals surface area contributed by atoms with Gasteiger partial charge in [-0.3, -0.25) is 0 Å². The van der Waals surface area contributed by atoms with Crippen molar-refractivity contribution in [3.63, 3.8) is 0 Å². The fourth-order valence-corrected chi connectivity index (χ4v) is 1.32. The Bertz CT molecular complexity index is 505. The number of benzene rings is 1. The normalized spacial score (nSPS) is 10.3. The lowest BCUT2D eigenvalue weighted by molar-refractivity contribution is 0.452. The Hall–Kier alpha value is -1.68. The smallest absolute Gasteiger partial charge is 0.214 e. The summed E-state index contributed by atoms with van der Waals surface area (Å²) in [5.41, 5.74) is 0.165. The van der Waals surface area contributed by atoms with E-state index in [1.165, 1.54) is 30.5 Å². The van der Waals surface area contributed by atoms with E-state index in [1.54, 1.807) is 0 Å². The summed E-state index contributed by atoms with van der Waals surface area (Å²) in [5, 5.41) is 9.52. The summed E-state index contributed by atoms with van der Waals surface area (Å²) in [7, 11) is 0. The Morgan fingerprint density at radius 3 is 2.80 bits per heavy atom. The molecule has 0 atom stereocenters. The highest BCUT2D eigenvalue weighted by atomic mass is 35.5. The summed E-state index contributed by atoms with van der Waals surface area (Å²) < 4.78 is 13.4. The largest absolute Gasteiger partial charge is 0.493 e. The molecule has 2 rings (SSSR count). The van der Waals surface area contributed by atoms with E-state index in [2.05, 4.69) is 9.97 Å². The molecule has 0 amide bonds. The van der Waals surface area contributed by atoms with Crippen LogP contribution in [-0.4, -0.2) is 15.1 Å². The molecule has 0 spiro atoms. The Kier molecular flexibility index (Phi) is 2.51. The van der Waals surface area contributed by atoms with Crippen molar-refractivity contribution < 1.29 is 9.50 Å². The fourth-order valence-electron chi connectivity index (χ4n) is 1.15. The molecule has 15 heavy (non-hydrogen) atoms. The van der Waals surface area contributed by atoms with Crippen molar-refractivity contribution in [1.29, 1.82) is 0 Å². The average molecular weight is 225 g/mol. The van der Waals surface area contributed by atoms with E-state index in [4.69, 9.17) is 16.7 Å². The topological polar surface area (TPSA) is 46.0 Å². The Morgan fingerprint density at radius 2 is 2.07 bits per heavy atom. The summed E-state index contributed by atoms with van der Waals surface area (Å²) in [6.07, 6.45) is 1.35. The molecule has 0 radical (unpaired) electrons. The van der Waals surface area contributed by atoms with Gasteiger partial charge in [-0.1, -0.05) is 11.6 Å². The summed E-state index contributed by atoms with van der Waals surface area (Å²) in [5.74, 6) is -0.584. The van der Waals surface area contributed by atoms with Crippen LogP contribution in [0.25, 0.3) is 11.4 Å². The molecular weight excluding hydrogens is 219 g/mol. The zero-order valence-electron chi connectivity index (χ0n) is 7.48. The first-order valence-electron chi connectivity index (χ1n) is 4.14. The Morgan fingerprint density at radius 1 is 1.27 bits per heavy atom. The van der Waals surface area contributed by atoms with Crippen LogP contribution >= 0.6 is 11.6 Å². The van der Waals surface area contributed by atoms with Crippen LogP contribution in [-0.2, 0) is 0 Å². The van der Waals surface area contributed by atoms with Gasteiger partial charge >= 0.3 is 0 Å². The maximum absolute atomic E-state index is 13.4. The first kappa shape index (κ1) is 9.86. The van der Waals surface area contributed by atoms with E-state index in [9.17, 15) is 4.39 Å². The van der Waals surface area contributed by atoms with Crippen LogP contribution in [0.2, 0.25) is 5.02 Å². The molecule has 3 nitrogen and oxygen atoms in total. The highest BCUT2D eigenvalue weighted by molar-refractivity contribution is 6.30. The lowest BCUT2D eigenvalue weighted by Crippen LogP contribution is -1.91. The molecule has 1 aromatic carbocycles. The number of hydrogen-bond acceptors (Lipinski definition) is 3. The molecule has 1 heterocycles. The third-order valence-corrected chi connectivity index (χ3v) is 2.05. The monoisotopic (exact) mass is 224 g/mol. The second-order valence-corrected chi connectivity index (χ2v) is 3.30. The van der Waals surface area contributed by atoms with Gasteiger partial charge < -0.3 is 5.11 Å². The van der Waals surface area contributed by atoms with Crippen LogP contribution < -0.4 is 0 Å². The van der Waals surface area contributed by atoms with Crippen LogP contribution in [0, 0.1) is 5.82 Å². The van der Waals surface area contributed by atoms with Crippen molar-refractivity contribution >= 4 is 11.6 Å². The third-order valence-electron chi connectivity index (χ3n) is 1.81. The zero-order valence-corrected chi connectivity index (χ0v) is 8.24. The molecule has 0 fully saturated rings. The highest BCUT2D eigenvalue weighted by Crippen LogP contribution is 2.23. The summed E-state index contributed by atoms with van der Waals surface area (Å²) >= 11 is 5.72. The molecular formula is C10H6ClFN2O. The number of aromatic nitrogens is 2. The van der Waals surface area contributed by atoms with E-state index < -0.39 is 5.82 Å². The SMILES string of the molecule is Oc1ccnc(-c2cc(Cl)ccc2F)n1. The predicted molar refractivity (Wildman–Crippen MR) is 54.1 cm³/mol. The summed E-state index contributed by atoms with van der Waals surface area (Å²) in [6, 6.07) is 5.38. The number of rotatable bonds is 1. The van der Waals surface area contributed by atoms with Crippen molar-refractivity contribution in [2.24, 2.45) is 0 Å². The van der Waals surface area contributed by atoms with Crippen molar-refractivity contribution in [2.75, 3.05) is 0 Å². The van der Waals surface area contributed by atoms with Crippen molar-refractivity contribution in [3.8, 4) is 17.3 Å². The number of halogens is 2. The van der Waals surface area contributed by atoms with E-state index >= 15 is 0 Å². The van der Waals surface area contributed by atoms with Crippen molar-refractivity contribution in [3.05, 3.63) is 41.3 Å². The first-order valence-corrected chi connectivity index (χ1v) is 4.52. The maximum Gasteiger partial charge on any atom is 0.214 e. The van der Waals surface area contributed by atoms with Crippen LogP contribution in [0.3, 0.4) is 0 Å². The molecule has 0 aliphatic carbocycles. The molecule has 0 saturated heterocycles. The summed E-state index contributed by atoms with van der Waals surface area (Å²) in [4.78, 5) is 7.53. The maximum atomic E-state index is 13.4. The standard InChI is InChI=1S/C10H6ClFN2O/c11-6-1-2-8(12)7(5-6)10-13-4-3-9(15)14-10/h1-5H,(H,13,14,15). The Balaban J connectivity index is 2.58. The summed E-state index contributed by atoms with van der Waals surface area (Å²) in [6.45, 7) is 0. The van der Waals surface area contributed by atoms with Gasteiger partial charge in [0.05, 0.1) is 5.56 Å². The average Bonchev–Trinajstić information content (AvgIpc) is 2.22.